The summed E-state index contributed by atoms with van der Waals surface area (Å²) in [5.41, 5.74) is 1.77. The highest BCUT2D eigenvalue weighted by Crippen LogP contribution is 2.33. The van der Waals surface area contributed by atoms with Crippen molar-refractivity contribution in [3.63, 3.8) is 0 Å². The maximum Gasteiger partial charge on any atom is 0.288 e. The van der Waals surface area contributed by atoms with Crippen molar-refractivity contribution in [2.24, 2.45) is 0 Å². The molecule has 1 saturated heterocycles. The minimum Gasteiger partial charge on any atom is -0.372 e. The van der Waals surface area contributed by atoms with Gasteiger partial charge in [0.05, 0.1) is 28.6 Å². The van der Waals surface area contributed by atoms with Crippen molar-refractivity contribution >= 4 is 17.5 Å². The van der Waals surface area contributed by atoms with Gasteiger partial charge in [0.2, 0.25) is 0 Å². The van der Waals surface area contributed by atoms with Gasteiger partial charge in [-0.15, -0.1) is 0 Å². The first kappa shape index (κ1) is 22.4. The van der Waals surface area contributed by atoms with E-state index in [-0.39, 0.29) is 23.8 Å². The quantitative estimate of drug-likeness (QED) is 0.513. The van der Waals surface area contributed by atoms with Crippen molar-refractivity contribution in [1.82, 2.24) is 14.7 Å². The molecule has 32 heavy (non-hydrogen) atoms. The molecule has 2 aromatic carbocycles. The van der Waals surface area contributed by atoms with Gasteiger partial charge < -0.3 is 9.64 Å². The lowest BCUT2D eigenvalue weighted by atomic mass is 10.1. The third kappa shape index (κ3) is 4.54. The molecule has 3 aromatic rings. The fourth-order valence-corrected chi connectivity index (χ4v) is 4.13. The number of ether oxygens (including phenoxy) is 1. The number of hydrogen-bond donors (Lipinski definition) is 0. The van der Waals surface area contributed by atoms with Crippen molar-refractivity contribution in [3.05, 3.63) is 70.9 Å². The van der Waals surface area contributed by atoms with Crippen molar-refractivity contribution in [2.75, 3.05) is 13.1 Å². The molecule has 168 valence electrons. The largest absolute Gasteiger partial charge is 0.372 e. The van der Waals surface area contributed by atoms with E-state index in [0.29, 0.717) is 40.6 Å². The van der Waals surface area contributed by atoms with Crippen LogP contribution in [0.5, 0.6) is 0 Å². The molecule has 2 atom stereocenters. The standard InChI is InChI=1S/C24H24ClF2N3O2/c1-15-13-29(14-16(2)32-15)23(31)18-10-8-17(9-11-18)21-12-22(24(3,26)27)28-30(21)20-7-5-4-6-19(20)25/h4-12,15-16H,13-14H2,1-3H3. The summed E-state index contributed by atoms with van der Waals surface area (Å²) in [7, 11) is 0. The van der Waals surface area contributed by atoms with Gasteiger partial charge in [-0.1, -0.05) is 35.9 Å². The number of para-hydroxylation sites is 1. The zero-order chi connectivity index (χ0) is 23.0. The topological polar surface area (TPSA) is 47.4 Å². The first-order chi connectivity index (χ1) is 15.1. The Bertz CT molecular complexity index is 1120. The molecule has 0 bridgehead atoms. The molecule has 1 fully saturated rings. The Balaban J connectivity index is 1.69. The predicted octanol–water partition coefficient (Wildman–Crippen LogP) is 5.55. The number of carbonyl (C=O) groups excluding carboxylic acids is 1. The second kappa shape index (κ2) is 8.64. The van der Waals surface area contributed by atoms with Crippen LogP contribution in [0.2, 0.25) is 5.02 Å². The first-order valence-corrected chi connectivity index (χ1v) is 10.8. The molecule has 0 radical (unpaired) electrons. The van der Waals surface area contributed by atoms with Crippen LogP contribution in [0.3, 0.4) is 0 Å². The Morgan fingerprint density at radius 1 is 1.09 bits per heavy atom. The van der Waals surface area contributed by atoms with E-state index >= 15 is 0 Å². The van der Waals surface area contributed by atoms with E-state index < -0.39 is 5.92 Å². The van der Waals surface area contributed by atoms with E-state index in [0.717, 1.165) is 6.92 Å². The van der Waals surface area contributed by atoms with E-state index in [1.807, 2.05) is 13.8 Å². The van der Waals surface area contributed by atoms with E-state index in [1.54, 1.807) is 53.4 Å². The van der Waals surface area contributed by atoms with Crippen LogP contribution in [0.25, 0.3) is 16.9 Å². The molecule has 8 heteroatoms. The van der Waals surface area contributed by atoms with Crippen LogP contribution in [0.15, 0.2) is 54.6 Å². The minimum atomic E-state index is -3.11. The summed E-state index contributed by atoms with van der Waals surface area (Å²) in [6.45, 7) is 5.74. The Morgan fingerprint density at radius 2 is 1.72 bits per heavy atom. The summed E-state index contributed by atoms with van der Waals surface area (Å²) in [5.74, 6) is -3.19. The van der Waals surface area contributed by atoms with Gasteiger partial charge in [0.15, 0.2) is 0 Å². The Hall–Kier alpha value is -2.77. The molecule has 0 N–H and O–H groups in total. The Labute approximate surface area is 190 Å². The minimum absolute atomic E-state index is 0.0268. The molecule has 1 aromatic heterocycles. The van der Waals surface area contributed by atoms with Gasteiger partial charge in [-0.3, -0.25) is 4.79 Å². The highest BCUT2D eigenvalue weighted by atomic mass is 35.5. The third-order valence-electron chi connectivity index (χ3n) is 5.37. The number of halogens is 3. The Morgan fingerprint density at radius 3 is 2.31 bits per heavy atom. The van der Waals surface area contributed by atoms with Gasteiger partial charge in [-0.2, -0.15) is 13.9 Å². The SMILES string of the molecule is CC1CN(C(=O)c2ccc(-c3cc(C(C)(F)F)nn3-c3ccccc3Cl)cc2)CC(C)O1. The zero-order valence-electron chi connectivity index (χ0n) is 18.1. The molecule has 5 nitrogen and oxygen atoms in total. The number of nitrogens with zero attached hydrogens (tertiary/aromatic N) is 3. The van der Waals surface area contributed by atoms with Crippen LogP contribution >= 0.6 is 11.6 Å². The Kier molecular flexibility index (Phi) is 6.05. The van der Waals surface area contributed by atoms with Gasteiger partial charge in [-0.25, -0.2) is 4.68 Å². The number of rotatable bonds is 4. The molecule has 2 unspecified atom stereocenters. The average Bonchev–Trinajstić information content (AvgIpc) is 3.19. The lowest BCUT2D eigenvalue weighted by Crippen LogP contribution is -2.48. The van der Waals surface area contributed by atoms with Crippen LogP contribution in [-0.2, 0) is 10.7 Å². The molecule has 0 saturated carbocycles. The lowest BCUT2D eigenvalue weighted by molar-refractivity contribution is -0.0586. The van der Waals surface area contributed by atoms with E-state index in [2.05, 4.69) is 5.10 Å². The number of amides is 1. The maximum absolute atomic E-state index is 14.0. The lowest BCUT2D eigenvalue weighted by Gasteiger charge is -2.35. The van der Waals surface area contributed by atoms with Gasteiger partial charge in [0, 0.05) is 31.1 Å². The summed E-state index contributed by atoms with van der Waals surface area (Å²) in [6.07, 6.45) is -0.0536. The number of alkyl halides is 2. The van der Waals surface area contributed by atoms with Crippen molar-refractivity contribution in [3.8, 4) is 16.9 Å². The molecule has 0 spiro atoms. The van der Waals surface area contributed by atoms with E-state index in [1.165, 1.54) is 10.7 Å². The molecule has 1 aliphatic rings. The van der Waals surface area contributed by atoms with Gasteiger partial charge in [0.1, 0.15) is 5.69 Å². The summed E-state index contributed by atoms with van der Waals surface area (Å²) >= 11 is 6.31. The van der Waals surface area contributed by atoms with Crippen LogP contribution in [0, 0.1) is 0 Å². The average molecular weight is 460 g/mol. The first-order valence-electron chi connectivity index (χ1n) is 10.4. The van der Waals surface area contributed by atoms with Crippen LogP contribution in [0.4, 0.5) is 8.78 Å². The summed E-state index contributed by atoms with van der Waals surface area (Å²) in [4.78, 5) is 14.7. The maximum atomic E-state index is 14.0. The number of aromatic nitrogens is 2. The normalized spacial score (nSPS) is 19.2. The van der Waals surface area contributed by atoms with Crippen molar-refractivity contribution in [2.45, 2.75) is 38.9 Å². The second-order valence-corrected chi connectivity index (χ2v) is 8.62. The van der Waals surface area contributed by atoms with E-state index in [4.69, 9.17) is 16.3 Å². The number of hydrogen-bond acceptors (Lipinski definition) is 3. The molecule has 0 aliphatic carbocycles. The summed E-state index contributed by atoms with van der Waals surface area (Å²) in [5, 5.41) is 4.52. The summed E-state index contributed by atoms with van der Waals surface area (Å²) < 4.78 is 35.2. The van der Waals surface area contributed by atoms with Crippen LogP contribution in [0.1, 0.15) is 36.8 Å². The highest BCUT2D eigenvalue weighted by molar-refractivity contribution is 6.32. The second-order valence-electron chi connectivity index (χ2n) is 8.21. The zero-order valence-corrected chi connectivity index (χ0v) is 18.8. The van der Waals surface area contributed by atoms with Crippen molar-refractivity contribution < 1.29 is 18.3 Å². The molecule has 1 amide bonds. The number of morpholine rings is 1. The fraction of sp³-hybridized carbons (Fsp3) is 0.333. The molecular weight excluding hydrogens is 436 g/mol. The summed E-state index contributed by atoms with van der Waals surface area (Å²) in [6, 6.07) is 15.2. The van der Waals surface area contributed by atoms with Crippen LogP contribution < -0.4 is 0 Å². The number of benzene rings is 2. The fourth-order valence-electron chi connectivity index (χ4n) is 3.92. The smallest absolute Gasteiger partial charge is 0.288 e. The van der Waals surface area contributed by atoms with E-state index in [9.17, 15) is 13.6 Å². The third-order valence-corrected chi connectivity index (χ3v) is 5.69. The molecule has 4 rings (SSSR count). The number of carbonyl (C=O) groups is 1. The van der Waals surface area contributed by atoms with Crippen LogP contribution in [-0.4, -0.2) is 45.9 Å². The highest BCUT2D eigenvalue weighted by Gasteiger charge is 2.30. The predicted molar refractivity (Wildman–Crippen MR) is 119 cm³/mol. The molecule has 2 heterocycles. The van der Waals surface area contributed by atoms with Gasteiger partial charge in [0.25, 0.3) is 11.8 Å². The van der Waals surface area contributed by atoms with Crippen molar-refractivity contribution in [1.29, 1.82) is 0 Å². The molecule has 1 aliphatic heterocycles. The van der Waals surface area contributed by atoms with Gasteiger partial charge in [-0.05, 0) is 44.2 Å². The van der Waals surface area contributed by atoms with Gasteiger partial charge >= 0.3 is 0 Å². The monoisotopic (exact) mass is 459 g/mol. The molecular formula is C24H24ClF2N3O2.